The third kappa shape index (κ3) is 4.97. The number of hydrogen-bond donors (Lipinski definition) is 0. The summed E-state index contributed by atoms with van der Waals surface area (Å²) in [4.78, 5) is 17.8. The van der Waals surface area contributed by atoms with Crippen molar-refractivity contribution in [3.8, 4) is 11.5 Å². The van der Waals surface area contributed by atoms with Crippen LogP contribution in [0.5, 0.6) is 11.5 Å². The number of carbonyl (C=O) groups excluding carboxylic acids is 1. The van der Waals surface area contributed by atoms with Crippen molar-refractivity contribution in [1.82, 2.24) is 8.87 Å². The highest BCUT2D eigenvalue weighted by molar-refractivity contribution is 7.89. The number of ether oxygens (including phenoxy) is 2. The lowest BCUT2D eigenvalue weighted by Gasteiger charge is -2.21. The van der Waals surface area contributed by atoms with Crippen molar-refractivity contribution in [3.63, 3.8) is 0 Å². The van der Waals surface area contributed by atoms with Crippen molar-refractivity contribution in [3.05, 3.63) is 46.8 Å². The first-order valence-corrected chi connectivity index (χ1v) is 12.9. The zero-order valence-electron chi connectivity index (χ0n) is 19.5. The van der Waals surface area contributed by atoms with Crippen molar-refractivity contribution in [2.75, 3.05) is 27.3 Å². The molecule has 2 aromatic carbocycles. The Morgan fingerprint density at radius 2 is 1.58 bits per heavy atom. The summed E-state index contributed by atoms with van der Waals surface area (Å²) in [7, 11) is 1.37. The fraction of sp³-hybridized carbons (Fsp3) is 0.391. The molecule has 0 spiro atoms. The first kappa shape index (κ1) is 24.9. The topological polar surface area (TPSA) is 90.2 Å². The maximum atomic E-state index is 12.9. The highest BCUT2D eigenvalue weighted by atomic mass is 32.2. The van der Waals surface area contributed by atoms with Gasteiger partial charge in [-0.05, 0) is 49.2 Å². The van der Waals surface area contributed by atoms with E-state index in [4.69, 9.17) is 9.47 Å². The molecule has 0 fully saturated rings. The molecule has 0 aliphatic rings. The maximum absolute atomic E-state index is 12.9. The van der Waals surface area contributed by atoms with Gasteiger partial charge in [-0.2, -0.15) is 9.30 Å². The van der Waals surface area contributed by atoms with E-state index in [0.29, 0.717) is 35.0 Å². The summed E-state index contributed by atoms with van der Waals surface area (Å²) in [6.07, 6.45) is 1.47. The van der Waals surface area contributed by atoms with E-state index in [1.807, 2.05) is 19.9 Å². The van der Waals surface area contributed by atoms with Gasteiger partial charge in [0.15, 0.2) is 4.80 Å². The summed E-state index contributed by atoms with van der Waals surface area (Å²) < 4.78 is 40.9. The van der Waals surface area contributed by atoms with Crippen LogP contribution in [0.15, 0.2) is 46.3 Å². The first-order valence-electron chi connectivity index (χ1n) is 10.7. The minimum Gasteiger partial charge on any atom is -0.495 e. The molecule has 1 heterocycles. The van der Waals surface area contributed by atoms with Crippen LogP contribution in [0.3, 0.4) is 0 Å². The summed E-state index contributed by atoms with van der Waals surface area (Å²) in [5, 5.41) is 0. The second kappa shape index (κ2) is 10.5. The predicted molar refractivity (Wildman–Crippen MR) is 130 cm³/mol. The third-order valence-corrected chi connectivity index (χ3v) is 8.26. The number of thiazole rings is 1. The number of benzene rings is 2. The molecule has 1 aromatic heterocycles. The van der Waals surface area contributed by atoms with Gasteiger partial charge < -0.3 is 14.0 Å². The minimum atomic E-state index is -3.60. The van der Waals surface area contributed by atoms with Crippen LogP contribution in [-0.2, 0) is 17.1 Å². The van der Waals surface area contributed by atoms with Crippen LogP contribution in [0.2, 0.25) is 0 Å². The van der Waals surface area contributed by atoms with Crippen molar-refractivity contribution in [2.24, 2.45) is 12.0 Å². The van der Waals surface area contributed by atoms with Crippen molar-refractivity contribution in [2.45, 2.75) is 31.6 Å². The number of fused-ring (bicyclic) bond motifs is 1. The molecular formula is C23H29N3O5S2. The molecule has 0 N–H and O–H groups in total. The number of aromatic nitrogens is 1. The standard InChI is InChI=1S/C23H29N3O5S2/c1-6-14-26(15-7-2)33(28,29)17-10-8-16(9-11-17)22(27)24-23-25(3)20-18(30-4)12-13-19(31-5)21(20)32-23/h8-13H,6-7,14-15H2,1-5H3. The van der Waals surface area contributed by atoms with E-state index in [1.165, 1.54) is 39.9 Å². The molecule has 0 unspecified atom stereocenters. The molecule has 3 aromatic rings. The van der Waals surface area contributed by atoms with Crippen molar-refractivity contribution in [1.29, 1.82) is 0 Å². The summed E-state index contributed by atoms with van der Waals surface area (Å²) in [6.45, 7) is 4.81. The zero-order valence-corrected chi connectivity index (χ0v) is 21.1. The quantitative estimate of drug-likeness (QED) is 0.454. The molecule has 0 saturated heterocycles. The Balaban J connectivity index is 1.97. The Labute approximate surface area is 198 Å². The van der Waals surface area contributed by atoms with Gasteiger partial charge in [0.25, 0.3) is 5.91 Å². The van der Waals surface area contributed by atoms with Crippen LogP contribution in [0.4, 0.5) is 0 Å². The normalized spacial score (nSPS) is 12.5. The Morgan fingerprint density at radius 1 is 1.00 bits per heavy atom. The Kier molecular flexibility index (Phi) is 7.93. The number of sulfonamides is 1. The fourth-order valence-electron chi connectivity index (χ4n) is 3.55. The molecule has 3 rings (SSSR count). The molecule has 178 valence electrons. The number of amides is 1. The summed E-state index contributed by atoms with van der Waals surface area (Å²) in [5.41, 5.74) is 1.09. The molecule has 0 aliphatic carbocycles. The Bertz CT molecular complexity index is 1300. The number of aryl methyl sites for hydroxylation is 1. The number of methoxy groups -OCH3 is 2. The van der Waals surface area contributed by atoms with Gasteiger partial charge in [0.2, 0.25) is 10.0 Å². The molecule has 1 amide bonds. The van der Waals surface area contributed by atoms with E-state index in [1.54, 1.807) is 31.9 Å². The highest BCUT2D eigenvalue weighted by Gasteiger charge is 2.23. The van der Waals surface area contributed by atoms with Gasteiger partial charge in [-0.1, -0.05) is 25.2 Å². The van der Waals surface area contributed by atoms with Crippen LogP contribution in [0.1, 0.15) is 37.0 Å². The average molecular weight is 492 g/mol. The lowest BCUT2D eigenvalue weighted by molar-refractivity contribution is 0.0998. The number of carbonyl (C=O) groups is 1. The lowest BCUT2D eigenvalue weighted by Crippen LogP contribution is -2.32. The second-order valence-corrected chi connectivity index (χ2v) is 10.4. The van der Waals surface area contributed by atoms with Gasteiger partial charge in [0.05, 0.1) is 19.1 Å². The van der Waals surface area contributed by atoms with Crippen LogP contribution in [0, 0.1) is 0 Å². The van der Waals surface area contributed by atoms with Gasteiger partial charge in [0.1, 0.15) is 21.7 Å². The largest absolute Gasteiger partial charge is 0.495 e. The van der Waals surface area contributed by atoms with Crippen LogP contribution >= 0.6 is 11.3 Å². The lowest BCUT2D eigenvalue weighted by atomic mass is 10.2. The van der Waals surface area contributed by atoms with Crippen LogP contribution in [0.25, 0.3) is 10.2 Å². The van der Waals surface area contributed by atoms with E-state index >= 15 is 0 Å². The maximum Gasteiger partial charge on any atom is 0.279 e. The van der Waals surface area contributed by atoms with Crippen molar-refractivity contribution < 1.29 is 22.7 Å². The molecule has 0 aliphatic heterocycles. The highest BCUT2D eigenvalue weighted by Crippen LogP contribution is 2.34. The molecule has 8 nitrogen and oxygen atoms in total. The number of nitrogens with zero attached hydrogens (tertiary/aromatic N) is 3. The molecule has 0 saturated carbocycles. The summed E-state index contributed by atoms with van der Waals surface area (Å²) >= 11 is 1.32. The monoisotopic (exact) mass is 491 g/mol. The SMILES string of the molecule is CCCN(CCC)S(=O)(=O)c1ccc(C(=O)N=c2sc3c(OC)ccc(OC)c3n2C)cc1. The van der Waals surface area contributed by atoms with Crippen LogP contribution in [-0.4, -0.2) is 50.5 Å². The third-order valence-electron chi connectivity index (χ3n) is 5.20. The molecule has 0 atom stereocenters. The number of rotatable bonds is 9. The van der Waals surface area contributed by atoms with Crippen molar-refractivity contribution >= 4 is 37.5 Å². The molecule has 10 heteroatoms. The van der Waals surface area contributed by atoms with Gasteiger partial charge in [-0.25, -0.2) is 8.42 Å². The predicted octanol–water partition coefficient (Wildman–Crippen LogP) is 3.81. The van der Waals surface area contributed by atoms with Gasteiger partial charge >= 0.3 is 0 Å². The van der Waals surface area contributed by atoms with Crippen LogP contribution < -0.4 is 14.3 Å². The van der Waals surface area contributed by atoms with Gasteiger partial charge in [0, 0.05) is 25.7 Å². The Morgan fingerprint density at radius 3 is 2.12 bits per heavy atom. The smallest absolute Gasteiger partial charge is 0.279 e. The average Bonchev–Trinajstić information content (AvgIpc) is 3.14. The zero-order chi connectivity index (χ0) is 24.2. The second-order valence-electron chi connectivity index (χ2n) is 7.44. The Hall–Kier alpha value is -2.69. The van der Waals surface area contributed by atoms with E-state index in [-0.39, 0.29) is 4.90 Å². The molecule has 0 bridgehead atoms. The molecular weight excluding hydrogens is 462 g/mol. The summed E-state index contributed by atoms with van der Waals surface area (Å²) in [6, 6.07) is 9.55. The number of hydrogen-bond acceptors (Lipinski definition) is 6. The van der Waals surface area contributed by atoms with E-state index in [2.05, 4.69) is 4.99 Å². The summed E-state index contributed by atoms with van der Waals surface area (Å²) in [5.74, 6) is 0.855. The fourth-order valence-corrected chi connectivity index (χ4v) is 6.30. The van der Waals surface area contributed by atoms with Gasteiger partial charge in [-0.3, -0.25) is 4.79 Å². The van der Waals surface area contributed by atoms with E-state index < -0.39 is 15.9 Å². The van der Waals surface area contributed by atoms with E-state index in [0.717, 1.165) is 23.1 Å². The van der Waals surface area contributed by atoms with E-state index in [9.17, 15) is 13.2 Å². The van der Waals surface area contributed by atoms with Gasteiger partial charge in [-0.15, -0.1) is 0 Å². The minimum absolute atomic E-state index is 0.169. The molecule has 0 radical (unpaired) electrons. The molecule has 33 heavy (non-hydrogen) atoms. The first-order chi connectivity index (χ1) is 15.8.